The van der Waals surface area contributed by atoms with Gasteiger partial charge in [0.15, 0.2) is 0 Å². The fraction of sp³-hybridized carbons (Fsp3) is 0.579. The maximum Gasteiger partial charge on any atom is 0.323 e. The molecule has 26 heavy (non-hydrogen) atoms. The maximum absolute atomic E-state index is 12.5. The predicted octanol–water partition coefficient (Wildman–Crippen LogP) is 2.12. The second-order valence-corrected chi connectivity index (χ2v) is 7.70. The zero-order valence-electron chi connectivity index (χ0n) is 15.4. The van der Waals surface area contributed by atoms with Gasteiger partial charge in [0, 0.05) is 18.1 Å². The van der Waals surface area contributed by atoms with Gasteiger partial charge in [0.25, 0.3) is 0 Å². The molecule has 142 valence electrons. The van der Waals surface area contributed by atoms with Gasteiger partial charge >= 0.3 is 5.97 Å². The van der Waals surface area contributed by atoms with Crippen molar-refractivity contribution in [3.63, 3.8) is 0 Å². The van der Waals surface area contributed by atoms with Crippen molar-refractivity contribution in [1.82, 2.24) is 4.90 Å². The van der Waals surface area contributed by atoms with Gasteiger partial charge in [-0.25, -0.2) is 0 Å². The Morgan fingerprint density at radius 2 is 1.85 bits per heavy atom. The number of hydrogen-bond donors (Lipinski definition) is 2. The first-order valence-electron chi connectivity index (χ1n) is 9.41. The molecule has 0 bridgehead atoms. The molecule has 3 N–H and O–H groups in total. The van der Waals surface area contributed by atoms with Gasteiger partial charge in [0.1, 0.15) is 13.4 Å². The van der Waals surface area contributed by atoms with Gasteiger partial charge in [-0.1, -0.05) is 42.9 Å². The molecule has 1 aliphatic rings. The summed E-state index contributed by atoms with van der Waals surface area (Å²) in [6.07, 6.45) is 4.97. The van der Waals surface area contributed by atoms with Crippen molar-refractivity contribution in [2.75, 3.05) is 13.1 Å². The first kappa shape index (κ1) is 20.8. The van der Waals surface area contributed by atoms with Crippen molar-refractivity contribution in [2.24, 2.45) is 11.7 Å². The lowest BCUT2D eigenvalue weighted by atomic mass is 9.75. The van der Waals surface area contributed by atoms with E-state index in [-0.39, 0.29) is 11.8 Å². The largest absolute Gasteiger partial charge is 0.480 e. The maximum atomic E-state index is 12.5. The Balaban J connectivity index is 1.91. The average molecular weight is 379 g/mol. The number of carbonyl (C=O) groups is 2. The number of hydrogen-bond acceptors (Lipinski definition) is 3. The van der Waals surface area contributed by atoms with E-state index in [1.54, 1.807) is 12.1 Å². The highest BCUT2D eigenvalue weighted by Crippen LogP contribution is 2.31. The summed E-state index contributed by atoms with van der Waals surface area (Å²) >= 11 is 5.87. The van der Waals surface area contributed by atoms with Crippen LogP contribution in [0, 0.1) is 5.92 Å². The Morgan fingerprint density at radius 1 is 1.23 bits per heavy atom. The van der Waals surface area contributed by atoms with Crippen LogP contribution in [-0.4, -0.2) is 48.4 Å². The number of carbonyl (C=O) groups excluding carboxylic acids is 1. The molecule has 2 rings (SSSR count). The lowest BCUT2D eigenvalue weighted by Gasteiger charge is -2.40. The standard InChI is InChI=1S/C19H28BClN2O3/c20-10-2-1-9-19(22,18(25)26)15-7-11-23(12-8-15)17(24)13-14-3-5-16(21)6-4-14/h3-6,15H,1-2,7-13,20,22H2,(H,25,26). The Labute approximate surface area is 161 Å². The molecule has 1 fully saturated rings. The Bertz CT molecular complexity index is 618. The van der Waals surface area contributed by atoms with E-state index in [1.165, 1.54) is 0 Å². The number of aliphatic carboxylic acids is 1. The number of likely N-dealkylation sites (tertiary alicyclic amines) is 1. The zero-order chi connectivity index (χ0) is 19.2. The van der Waals surface area contributed by atoms with Gasteiger partial charge in [-0.05, 0) is 42.9 Å². The first-order valence-corrected chi connectivity index (χ1v) is 9.79. The number of unbranched alkanes of at least 4 members (excludes halogenated alkanes) is 1. The summed E-state index contributed by atoms with van der Waals surface area (Å²) in [5, 5.41) is 10.3. The molecular formula is C19H28BClN2O3. The number of carboxylic acids is 1. The molecule has 0 radical (unpaired) electrons. The van der Waals surface area contributed by atoms with Crippen LogP contribution in [0.4, 0.5) is 0 Å². The highest BCUT2D eigenvalue weighted by Gasteiger charge is 2.43. The summed E-state index contributed by atoms with van der Waals surface area (Å²) in [6.45, 7) is 1.13. The van der Waals surface area contributed by atoms with E-state index in [4.69, 9.17) is 17.3 Å². The molecule has 0 aromatic heterocycles. The average Bonchev–Trinajstić information content (AvgIpc) is 2.63. The molecule has 0 saturated carbocycles. The summed E-state index contributed by atoms with van der Waals surface area (Å²) in [7, 11) is 2.09. The quantitative estimate of drug-likeness (QED) is 0.536. The van der Waals surface area contributed by atoms with Gasteiger partial charge in [-0.2, -0.15) is 0 Å². The van der Waals surface area contributed by atoms with Crippen LogP contribution < -0.4 is 5.73 Å². The van der Waals surface area contributed by atoms with E-state index in [9.17, 15) is 14.7 Å². The van der Waals surface area contributed by atoms with Crippen LogP contribution in [0.2, 0.25) is 11.3 Å². The van der Waals surface area contributed by atoms with Gasteiger partial charge in [-0.3, -0.25) is 9.59 Å². The van der Waals surface area contributed by atoms with Crippen LogP contribution >= 0.6 is 11.6 Å². The molecule has 1 aliphatic heterocycles. The monoisotopic (exact) mass is 378 g/mol. The molecule has 1 saturated heterocycles. The molecule has 1 unspecified atom stereocenters. The lowest BCUT2D eigenvalue weighted by Crippen LogP contribution is -2.57. The number of rotatable bonds is 8. The molecular weight excluding hydrogens is 350 g/mol. The van der Waals surface area contributed by atoms with E-state index in [0.717, 1.165) is 24.7 Å². The number of nitrogens with zero attached hydrogens (tertiary/aromatic N) is 1. The van der Waals surface area contributed by atoms with Crippen molar-refractivity contribution in [1.29, 1.82) is 0 Å². The fourth-order valence-electron chi connectivity index (χ4n) is 3.69. The SMILES string of the molecule is BCCCCC(N)(C(=O)O)C1CCN(C(=O)Cc2ccc(Cl)cc2)CC1. The number of piperidine rings is 1. The number of nitrogens with two attached hydrogens (primary N) is 1. The summed E-state index contributed by atoms with van der Waals surface area (Å²) in [5.41, 5.74) is 6.05. The molecule has 7 heteroatoms. The van der Waals surface area contributed by atoms with Gasteiger partial charge in [0.05, 0.1) is 6.42 Å². The summed E-state index contributed by atoms with van der Waals surface area (Å²) in [6, 6.07) is 7.27. The van der Waals surface area contributed by atoms with Crippen molar-refractivity contribution in [2.45, 2.75) is 50.4 Å². The van der Waals surface area contributed by atoms with Crippen molar-refractivity contribution in [3.05, 3.63) is 34.9 Å². The minimum Gasteiger partial charge on any atom is -0.480 e. The van der Waals surface area contributed by atoms with E-state index in [2.05, 4.69) is 7.85 Å². The minimum absolute atomic E-state index is 0.0645. The topological polar surface area (TPSA) is 83.6 Å². The number of halogens is 1. The normalized spacial score (nSPS) is 17.7. The molecule has 1 aromatic rings. The fourth-order valence-corrected chi connectivity index (χ4v) is 3.81. The Morgan fingerprint density at radius 3 is 2.38 bits per heavy atom. The molecule has 1 amide bonds. The summed E-state index contributed by atoms with van der Waals surface area (Å²) < 4.78 is 0. The van der Waals surface area contributed by atoms with E-state index in [1.807, 2.05) is 17.0 Å². The van der Waals surface area contributed by atoms with Crippen molar-refractivity contribution >= 4 is 31.3 Å². The zero-order valence-corrected chi connectivity index (χ0v) is 16.2. The molecule has 5 nitrogen and oxygen atoms in total. The van der Waals surface area contributed by atoms with Crippen LogP contribution in [0.1, 0.15) is 37.7 Å². The van der Waals surface area contributed by atoms with Gasteiger partial charge in [0.2, 0.25) is 5.91 Å². The second kappa shape index (κ2) is 9.42. The van der Waals surface area contributed by atoms with Gasteiger partial charge < -0.3 is 15.7 Å². The Kier molecular flexibility index (Phi) is 7.53. The predicted molar refractivity (Wildman–Crippen MR) is 106 cm³/mol. The van der Waals surface area contributed by atoms with E-state index < -0.39 is 11.5 Å². The minimum atomic E-state index is -1.18. The number of benzene rings is 1. The van der Waals surface area contributed by atoms with Crippen LogP contribution in [-0.2, 0) is 16.0 Å². The van der Waals surface area contributed by atoms with Crippen LogP contribution in [0.5, 0.6) is 0 Å². The number of amides is 1. The van der Waals surface area contributed by atoms with Crippen molar-refractivity contribution < 1.29 is 14.7 Å². The third-order valence-corrected chi connectivity index (χ3v) is 5.69. The number of carboxylic acid groups (broad SMARTS) is 1. The van der Waals surface area contributed by atoms with Crippen LogP contribution in [0.3, 0.4) is 0 Å². The molecule has 1 atom stereocenters. The Hall–Kier alpha value is -1.53. The third kappa shape index (κ3) is 5.24. The second-order valence-electron chi connectivity index (χ2n) is 7.26. The third-order valence-electron chi connectivity index (χ3n) is 5.44. The van der Waals surface area contributed by atoms with Gasteiger partial charge in [-0.15, -0.1) is 0 Å². The van der Waals surface area contributed by atoms with E-state index in [0.29, 0.717) is 43.8 Å². The van der Waals surface area contributed by atoms with E-state index >= 15 is 0 Å². The highest BCUT2D eigenvalue weighted by atomic mass is 35.5. The summed E-state index contributed by atoms with van der Waals surface area (Å²) in [4.78, 5) is 26.1. The molecule has 1 aromatic carbocycles. The van der Waals surface area contributed by atoms with Crippen molar-refractivity contribution in [3.8, 4) is 0 Å². The smallest absolute Gasteiger partial charge is 0.323 e. The lowest BCUT2D eigenvalue weighted by molar-refractivity contribution is -0.147. The first-order chi connectivity index (χ1) is 12.4. The molecule has 1 heterocycles. The van der Waals surface area contributed by atoms with Crippen LogP contribution in [0.15, 0.2) is 24.3 Å². The molecule has 0 spiro atoms. The van der Waals surface area contributed by atoms with Crippen LogP contribution in [0.25, 0.3) is 0 Å². The molecule has 0 aliphatic carbocycles. The highest BCUT2D eigenvalue weighted by molar-refractivity contribution is 6.30. The summed E-state index contributed by atoms with van der Waals surface area (Å²) in [5.74, 6) is -0.939.